The molecule has 2 unspecified atom stereocenters. The second-order valence-corrected chi connectivity index (χ2v) is 6.87. The Morgan fingerprint density at radius 1 is 1.04 bits per heavy atom. The normalized spacial score (nSPS) is 21.3. The van der Waals surface area contributed by atoms with Crippen molar-refractivity contribution in [1.29, 1.82) is 0 Å². The van der Waals surface area contributed by atoms with Gasteiger partial charge in [-0.3, -0.25) is 9.78 Å². The third kappa shape index (κ3) is 4.20. The zero-order valence-corrected chi connectivity index (χ0v) is 16.5. The fourth-order valence-corrected chi connectivity index (χ4v) is 3.85. The lowest BCUT2D eigenvalue weighted by molar-refractivity contribution is 0.0747. The van der Waals surface area contributed by atoms with Crippen LogP contribution in [-0.2, 0) is 0 Å². The largest absolute Gasteiger partial charge is 0.337 e. The fraction of sp³-hybridized carbons (Fsp3) is 0.400. The van der Waals surface area contributed by atoms with E-state index in [9.17, 15) is 4.79 Å². The van der Waals surface area contributed by atoms with Crippen molar-refractivity contribution in [3.63, 3.8) is 0 Å². The van der Waals surface area contributed by atoms with E-state index < -0.39 is 0 Å². The molecule has 6 heteroatoms. The molecule has 140 valence electrons. The van der Waals surface area contributed by atoms with Gasteiger partial charge in [0.25, 0.3) is 5.91 Å². The molecule has 0 spiro atoms. The summed E-state index contributed by atoms with van der Waals surface area (Å²) in [5.74, 6) is 0.119. The van der Waals surface area contributed by atoms with Crippen molar-refractivity contribution in [2.75, 3.05) is 13.1 Å². The number of amides is 1. The molecule has 0 saturated carbocycles. The van der Waals surface area contributed by atoms with Gasteiger partial charge in [-0.15, -0.1) is 24.8 Å². The van der Waals surface area contributed by atoms with Crippen LogP contribution in [-0.4, -0.2) is 41.0 Å². The fourth-order valence-electron chi connectivity index (χ4n) is 3.85. The first-order valence-corrected chi connectivity index (χ1v) is 8.79. The molecule has 0 aliphatic carbocycles. The summed E-state index contributed by atoms with van der Waals surface area (Å²) in [4.78, 5) is 19.6. The number of likely N-dealkylation sites (tertiary alicyclic amines) is 1. The maximum absolute atomic E-state index is 13.0. The minimum atomic E-state index is 0. The van der Waals surface area contributed by atoms with Crippen LogP contribution in [0.2, 0.25) is 0 Å². The molecule has 2 aromatic rings. The van der Waals surface area contributed by atoms with Crippen LogP contribution >= 0.6 is 24.8 Å². The van der Waals surface area contributed by atoms with E-state index in [2.05, 4.69) is 10.3 Å². The standard InChI is InChI=1S/C20H23N3O.2ClH/c1-14-18(9-10-19(21-14)15-5-3-2-4-6-15)20(24)23-12-11-16-7-8-17(13-23)22-16;;/h2-6,9-10,16-17,22H,7-8,11-13H2,1H3;2*1H. The first kappa shape index (κ1) is 20.7. The molecule has 1 aromatic heterocycles. The van der Waals surface area contributed by atoms with E-state index in [1.54, 1.807) is 0 Å². The molecule has 2 fully saturated rings. The molecule has 1 amide bonds. The number of fused-ring (bicyclic) bond motifs is 2. The van der Waals surface area contributed by atoms with E-state index in [0.29, 0.717) is 12.1 Å². The van der Waals surface area contributed by atoms with Gasteiger partial charge >= 0.3 is 0 Å². The summed E-state index contributed by atoms with van der Waals surface area (Å²) in [6.45, 7) is 3.59. The molecule has 4 nitrogen and oxygen atoms in total. The highest BCUT2D eigenvalue weighted by molar-refractivity contribution is 5.95. The monoisotopic (exact) mass is 393 g/mol. The number of aromatic nitrogens is 1. The quantitative estimate of drug-likeness (QED) is 0.841. The highest BCUT2D eigenvalue weighted by Crippen LogP contribution is 2.23. The lowest BCUT2D eigenvalue weighted by Gasteiger charge is -2.25. The van der Waals surface area contributed by atoms with E-state index in [0.717, 1.165) is 42.0 Å². The van der Waals surface area contributed by atoms with Crippen LogP contribution in [0.5, 0.6) is 0 Å². The van der Waals surface area contributed by atoms with Crippen molar-refractivity contribution in [2.45, 2.75) is 38.3 Å². The number of carbonyl (C=O) groups is 1. The number of carbonyl (C=O) groups excluding carboxylic acids is 1. The molecular formula is C20H25Cl2N3O. The lowest BCUT2D eigenvalue weighted by Crippen LogP contribution is -2.39. The van der Waals surface area contributed by atoms with Crippen LogP contribution < -0.4 is 5.32 Å². The van der Waals surface area contributed by atoms with Gasteiger partial charge in [0.05, 0.1) is 17.0 Å². The van der Waals surface area contributed by atoms with E-state index in [1.165, 1.54) is 12.8 Å². The number of hydrogen-bond donors (Lipinski definition) is 1. The number of rotatable bonds is 2. The van der Waals surface area contributed by atoms with Gasteiger partial charge in [-0.1, -0.05) is 30.3 Å². The number of pyridine rings is 1. The molecule has 1 N–H and O–H groups in total. The maximum atomic E-state index is 13.0. The highest BCUT2D eigenvalue weighted by atomic mass is 35.5. The Kier molecular flexibility index (Phi) is 7.04. The van der Waals surface area contributed by atoms with Crippen molar-refractivity contribution in [2.24, 2.45) is 0 Å². The summed E-state index contributed by atoms with van der Waals surface area (Å²) in [7, 11) is 0. The Hall–Kier alpha value is -1.62. The van der Waals surface area contributed by atoms with Gasteiger partial charge in [0.2, 0.25) is 0 Å². The zero-order valence-electron chi connectivity index (χ0n) is 14.9. The van der Waals surface area contributed by atoms with Crippen molar-refractivity contribution in [1.82, 2.24) is 15.2 Å². The van der Waals surface area contributed by atoms with E-state index >= 15 is 0 Å². The van der Waals surface area contributed by atoms with Crippen LogP contribution in [0.4, 0.5) is 0 Å². The Labute approximate surface area is 167 Å². The van der Waals surface area contributed by atoms with E-state index in [4.69, 9.17) is 0 Å². The highest BCUT2D eigenvalue weighted by Gasteiger charge is 2.31. The zero-order chi connectivity index (χ0) is 16.5. The summed E-state index contributed by atoms with van der Waals surface area (Å²) in [6.07, 6.45) is 3.48. The second kappa shape index (κ2) is 8.85. The van der Waals surface area contributed by atoms with Gasteiger partial charge in [0.15, 0.2) is 0 Å². The lowest BCUT2D eigenvalue weighted by atomic mass is 10.1. The molecule has 3 heterocycles. The third-order valence-electron chi connectivity index (χ3n) is 5.20. The number of hydrogen-bond acceptors (Lipinski definition) is 3. The average Bonchev–Trinajstić information content (AvgIpc) is 2.94. The second-order valence-electron chi connectivity index (χ2n) is 6.87. The predicted molar refractivity (Wildman–Crippen MR) is 109 cm³/mol. The molecule has 2 bridgehead atoms. The molecule has 1 aromatic carbocycles. The van der Waals surface area contributed by atoms with Gasteiger partial charge in [0, 0.05) is 30.7 Å². The molecule has 2 aliphatic heterocycles. The molecule has 2 saturated heterocycles. The predicted octanol–water partition coefficient (Wildman–Crippen LogP) is 3.87. The summed E-state index contributed by atoms with van der Waals surface area (Å²) >= 11 is 0. The summed E-state index contributed by atoms with van der Waals surface area (Å²) in [5.41, 5.74) is 3.54. The Bertz CT molecular complexity index is 754. The molecule has 2 aliphatic rings. The van der Waals surface area contributed by atoms with Crippen LogP contribution in [0.3, 0.4) is 0 Å². The number of benzene rings is 1. The van der Waals surface area contributed by atoms with Crippen LogP contribution in [0.25, 0.3) is 11.3 Å². The Morgan fingerprint density at radius 3 is 2.50 bits per heavy atom. The molecule has 26 heavy (non-hydrogen) atoms. The number of nitrogens with one attached hydrogen (secondary N) is 1. The van der Waals surface area contributed by atoms with E-state index in [1.807, 2.05) is 54.3 Å². The third-order valence-corrected chi connectivity index (χ3v) is 5.20. The summed E-state index contributed by atoms with van der Waals surface area (Å²) < 4.78 is 0. The van der Waals surface area contributed by atoms with Gasteiger partial charge in [-0.2, -0.15) is 0 Å². The minimum absolute atomic E-state index is 0. The maximum Gasteiger partial charge on any atom is 0.255 e. The number of nitrogens with zero attached hydrogens (tertiary/aromatic N) is 2. The molecule has 0 radical (unpaired) electrons. The topological polar surface area (TPSA) is 45.2 Å². The van der Waals surface area contributed by atoms with Crippen LogP contribution in [0.1, 0.15) is 35.3 Å². The minimum Gasteiger partial charge on any atom is -0.337 e. The van der Waals surface area contributed by atoms with Crippen molar-refractivity contribution in [3.8, 4) is 11.3 Å². The molecule has 2 atom stereocenters. The molecular weight excluding hydrogens is 369 g/mol. The molecule has 4 rings (SSSR count). The average molecular weight is 394 g/mol. The van der Waals surface area contributed by atoms with Gasteiger partial charge in [0.1, 0.15) is 0 Å². The van der Waals surface area contributed by atoms with Gasteiger partial charge in [-0.25, -0.2) is 0 Å². The smallest absolute Gasteiger partial charge is 0.255 e. The van der Waals surface area contributed by atoms with Crippen molar-refractivity contribution >= 4 is 30.7 Å². The Morgan fingerprint density at radius 2 is 1.77 bits per heavy atom. The summed E-state index contributed by atoms with van der Waals surface area (Å²) in [6, 6.07) is 15.0. The van der Waals surface area contributed by atoms with Crippen LogP contribution in [0.15, 0.2) is 42.5 Å². The summed E-state index contributed by atoms with van der Waals surface area (Å²) in [5, 5.41) is 3.62. The Balaban J connectivity index is 0.00000121. The number of halogens is 2. The van der Waals surface area contributed by atoms with Crippen molar-refractivity contribution in [3.05, 3.63) is 53.7 Å². The number of aryl methyl sites for hydroxylation is 1. The van der Waals surface area contributed by atoms with E-state index in [-0.39, 0.29) is 30.7 Å². The van der Waals surface area contributed by atoms with Crippen LogP contribution in [0, 0.1) is 6.92 Å². The van der Waals surface area contributed by atoms with Gasteiger partial charge < -0.3 is 10.2 Å². The van der Waals surface area contributed by atoms with Gasteiger partial charge in [-0.05, 0) is 38.3 Å². The SMILES string of the molecule is Cc1nc(-c2ccccc2)ccc1C(=O)N1CCC2CCC(C1)N2.Cl.Cl. The van der Waals surface area contributed by atoms with Crippen molar-refractivity contribution < 1.29 is 4.79 Å². The first-order chi connectivity index (χ1) is 11.7. The first-order valence-electron chi connectivity index (χ1n) is 8.79.